The van der Waals surface area contributed by atoms with Crippen molar-refractivity contribution < 1.29 is 4.43 Å². The maximum absolute atomic E-state index is 12.3. The van der Waals surface area contributed by atoms with Crippen molar-refractivity contribution in [2.24, 2.45) is 0 Å². The summed E-state index contributed by atoms with van der Waals surface area (Å²) in [5.74, 6) is 0. The molecule has 1 heterocycles. The fraction of sp³-hybridized carbons (Fsp3) is 0.143. The first kappa shape index (κ1) is 10.8. The highest BCUT2D eigenvalue weighted by Gasteiger charge is 2.15. The molecule has 0 N–H and O–H groups in total. The molecule has 0 spiro atoms. The Labute approximate surface area is 103 Å². The largest absolute Gasteiger partial charge is 0.805 e. The molecule has 0 radical (unpaired) electrons. The lowest BCUT2D eigenvalue weighted by atomic mass is 10.1. The minimum absolute atomic E-state index is 0.397. The lowest BCUT2D eigenvalue weighted by molar-refractivity contribution is -0.432. The van der Waals surface area contributed by atoms with E-state index in [-0.39, 0.29) is 0 Å². The lowest BCUT2D eigenvalue weighted by Gasteiger charge is -2.14. The summed E-state index contributed by atoms with van der Waals surface area (Å²) in [4.78, 5) is 12.3. The van der Waals surface area contributed by atoms with E-state index in [1.54, 1.807) is 24.3 Å². The van der Waals surface area contributed by atoms with Gasteiger partial charge in [0.05, 0.1) is 4.43 Å². The minimum Gasteiger partial charge on any atom is -0.805 e. The summed E-state index contributed by atoms with van der Waals surface area (Å²) in [5, 5.41) is 12.3. The summed E-state index contributed by atoms with van der Waals surface area (Å²) in [6.07, 6.45) is 0. The van der Waals surface area contributed by atoms with Crippen LogP contribution in [0.2, 0.25) is 0 Å². The Morgan fingerprint density at radius 3 is 2.39 bits per heavy atom. The third-order valence-electron chi connectivity index (χ3n) is 3.14. The molecule has 0 amide bonds. The standard InChI is InChI=1S/C14H12N2O2/c1-9-3-5-11-13(7-9)15(17)12-6-4-10(2)8-14(12)16(11)18/h3-8H,1-2H3. The van der Waals surface area contributed by atoms with E-state index in [2.05, 4.69) is 0 Å². The first-order valence-electron chi connectivity index (χ1n) is 5.74. The zero-order valence-corrected chi connectivity index (χ0v) is 10.2. The predicted octanol–water partition coefficient (Wildman–Crippen LogP) is 2.67. The average Bonchev–Trinajstić information content (AvgIpc) is 2.36. The van der Waals surface area contributed by atoms with Gasteiger partial charge in [0.15, 0.2) is 0 Å². The Balaban J connectivity index is 2.65. The van der Waals surface area contributed by atoms with Gasteiger partial charge in [-0.05, 0) is 37.1 Å². The van der Waals surface area contributed by atoms with Gasteiger partial charge in [-0.15, -0.1) is 0 Å². The van der Waals surface area contributed by atoms with E-state index in [0.717, 1.165) is 20.3 Å². The molecule has 4 heteroatoms. The van der Waals surface area contributed by atoms with Gasteiger partial charge in [-0.3, -0.25) is 0 Å². The predicted molar refractivity (Wildman–Crippen MR) is 71.1 cm³/mol. The van der Waals surface area contributed by atoms with Crippen molar-refractivity contribution in [3.05, 3.63) is 57.6 Å². The van der Waals surface area contributed by atoms with Crippen LogP contribution >= 0.6 is 0 Å². The van der Waals surface area contributed by atoms with Gasteiger partial charge in [0.1, 0.15) is 11.0 Å². The molecule has 0 fully saturated rings. The number of hydrogen-bond acceptors (Lipinski definition) is 2. The van der Waals surface area contributed by atoms with Crippen molar-refractivity contribution in [1.82, 2.24) is 4.73 Å². The Morgan fingerprint density at radius 1 is 0.944 bits per heavy atom. The third-order valence-corrected chi connectivity index (χ3v) is 3.14. The van der Waals surface area contributed by atoms with E-state index >= 15 is 0 Å². The molecule has 1 aromatic heterocycles. The van der Waals surface area contributed by atoms with Gasteiger partial charge in [-0.2, -0.15) is 0 Å². The van der Waals surface area contributed by atoms with Crippen LogP contribution in [0.4, 0.5) is 0 Å². The molecule has 3 aromatic rings. The number of rotatable bonds is 0. The van der Waals surface area contributed by atoms with E-state index in [9.17, 15) is 10.1 Å². The molecular formula is C14H12N2O2. The van der Waals surface area contributed by atoms with E-state index < -0.39 is 0 Å². The molecule has 4 nitrogen and oxygen atoms in total. The van der Waals surface area contributed by atoms with Crippen molar-refractivity contribution in [2.45, 2.75) is 13.8 Å². The van der Waals surface area contributed by atoms with Crippen molar-refractivity contribution in [1.29, 1.82) is 0 Å². The van der Waals surface area contributed by atoms with Crippen LogP contribution in [0.3, 0.4) is 0 Å². The molecule has 0 aliphatic heterocycles. The van der Waals surface area contributed by atoms with Crippen molar-refractivity contribution in [3.63, 3.8) is 0 Å². The fourth-order valence-corrected chi connectivity index (χ4v) is 2.20. The smallest absolute Gasteiger partial charge is 0.287 e. The van der Waals surface area contributed by atoms with E-state index in [4.69, 9.17) is 0 Å². The number of aryl methyl sites for hydroxylation is 2. The van der Waals surface area contributed by atoms with Gasteiger partial charge in [0.25, 0.3) is 11.0 Å². The van der Waals surface area contributed by atoms with Crippen molar-refractivity contribution >= 4 is 22.1 Å². The molecule has 0 bridgehead atoms. The highest BCUT2D eigenvalue weighted by atomic mass is 16.5. The first-order chi connectivity index (χ1) is 8.58. The van der Waals surface area contributed by atoms with Crippen LogP contribution in [0.5, 0.6) is 0 Å². The summed E-state index contributed by atoms with van der Waals surface area (Å²) >= 11 is 0. The Hall–Kier alpha value is -2.36. The second-order valence-corrected chi connectivity index (χ2v) is 4.57. The maximum atomic E-state index is 12.3. The quantitative estimate of drug-likeness (QED) is 0.448. The molecule has 0 unspecified atom stereocenters. The SMILES string of the molecule is Cc1ccc2c(c1)n([O-])c1ccc(C)cc1[n+]2=O. The second-order valence-electron chi connectivity index (χ2n) is 4.57. The summed E-state index contributed by atoms with van der Waals surface area (Å²) in [6, 6.07) is 10.5. The number of benzene rings is 2. The summed E-state index contributed by atoms with van der Waals surface area (Å²) in [5.41, 5.74) is 3.52. The Morgan fingerprint density at radius 2 is 1.61 bits per heavy atom. The Kier molecular flexibility index (Phi) is 2.13. The molecule has 0 aliphatic carbocycles. The fourth-order valence-electron chi connectivity index (χ4n) is 2.20. The topological polar surface area (TPSA) is 51.0 Å². The van der Waals surface area contributed by atoms with Crippen LogP contribution in [-0.4, -0.2) is 4.73 Å². The Bertz CT molecular complexity index is 834. The molecule has 0 saturated heterocycles. The molecule has 3 rings (SSSR count). The average molecular weight is 240 g/mol. The van der Waals surface area contributed by atoms with E-state index in [1.807, 2.05) is 26.0 Å². The monoisotopic (exact) mass is 240 g/mol. The van der Waals surface area contributed by atoms with Gasteiger partial charge in [-0.25, -0.2) is 0 Å². The van der Waals surface area contributed by atoms with Gasteiger partial charge in [-0.1, -0.05) is 12.1 Å². The molecular weight excluding hydrogens is 228 g/mol. The number of aromatic nitrogens is 2. The van der Waals surface area contributed by atoms with Gasteiger partial charge >= 0.3 is 0 Å². The van der Waals surface area contributed by atoms with Crippen molar-refractivity contribution in [2.75, 3.05) is 0 Å². The van der Waals surface area contributed by atoms with E-state index in [0.29, 0.717) is 22.1 Å². The van der Waals surface area contributed by atoms with Crippen LogP contribution in [-0.2, 0) is 0 Å². The number of nitrogens with zero attached hydrogens (tertiary/aromatic N) is 2. The van der Waals surface area contributed by atoms with Gasteiger partial charge in [0, 0.05) is 17.0 Å². The second kappa shape index (κ2) is 3.57. The van der Waals surface area contributed by atoms with Crippen LogP contribution < -0.4 is 4.43 Å². The van der Waals surface area contributed by atoms with Crippen LogP contribution in [0, 0.1) is 24.0 Å². The van der Waals surface area contributed by atoms with Crippen LogP contribution in [0.15, 0.2) is 36.4 Å². The van der Waals surface area contributed by atoms with Crippen molar-refractivity contribution in [3.8, 4) is 0 Å². The van der Waals surface area contributed by atoms with Gasteiger partial charge < -0.3 is 9.94 Å². The minimum atomic E-state index is 0.397. The van der Waals surface area contributed by atoms with Gasteiger partial charge in [0.2, 0.25) is 0 Å². The molecule has 18 heavy (non-hydrogen) atoms. The number of hydrogen-bond donors (Lipinski definition) is 0. The molecule has 0 atom stereocenters. The molecule has 0 aliphatic rings. The summed E-state index contributed by atoms with van der Waals surface area (Å²) < 4.78 is 1.65. The summed E-state index contributed by atoms with van der Waals surface area (Å²) in [6.45, 7) is 3.79. The summed E-state index contributed by atoms with van der Waals surface area (Å²) in [7, 11) is 0. The molecule has 2 aromatic carbocycles. The molecule has 90 valence electrons. The zero-order valence-electron chi connectivity index (χ0n) is 10.2. The first-order valence-corrected chi connectivity index (χ1v) is 5.74. The maximum Gasteiger partial charge on any atom is 0.287 e. The highest BCUT2D eigenvalue weighted by Crippen LogP contribution is 2.19. The normalized spacial score (nSPS) is 11.2. The number of fused-ring (bicyclic) bond motifs is 2. The lowest BCUT2D eigenvalue weighted by Crippen LogP contribution is -2.19. The zero-order chi connectivity index (χ0) is 12.9. The third kappa shape index (κ3) is 1.39. The van der Waals surface area contributed by atoms with Crippen LogP contribution in [0.1, 0.15) is 11.1 Å². The molecule has 0 saturated carbocycles. The highest BCUT2D eigenvalue weighted by molar-refractivity contribution is 5.83. The van der Waals surface area contributed by atoms with E-state index in [1.165, 1.54) is 0 Å². The van der Waals surface area contributed by atoms with Crippen LogP contribution in [0.25, 0.3) is 22.1 Å².